The molecule has 0 heterocycles. The van der Waals surface area contributed by atoms with Crippen LogP contribution in [0.1, 0.15) is 19.4 Å². The van der Waals surface area contributed by atoms with E-state index in [1.807, 2.05) is 30.3 Å². The summed E-state index contributed by atoms with van der Waals surface area (Å²) < 4.78 is 14.5. The van der Waals surface area contributed by atoms with E-state index in [-0.39, 0.29) is 6.61 Å². The Labute approximate surface area is 110 Å². The summed E-state index contributed by atoms with van der Waals surface area (Å²) in [5.74, 6) is -1.35. The van der Waals surface area contributed by atoms with E-state index in [4.69, 9.17) is 9.47 Å². The van der Waals surface area contributed by atoms with Crippen LogP contribution in [0.3, 0.4) is 0 Å². The Morgan fingerprint density at radius 3 is 2.21 bits per heavy atom. The molecule has 19 heavy (non-hydrogen) atoms. The second-order valence-electron chi connectivity index (χ2n) is 3.77. The number of aliphatic hydroxyl groups is 1. The van der Waals surface area contributed by atoms with E-state index in [0.717, 1.165) is 12.5 Å². The van der Waals surface area contributed by atoms with Crippen molar-refractivity contribution in [2.75, 3.05) is 0 Å². The number of ether oxygens (including phenoxy) is 3. The van der Waals surface area contributed by atoms with Crippen molar-refractivity contribution in [2.45, 2.75) is 33.0 Å². The fourth-order valence-corrected chi connectivity index (χ4v) is 1.32. The number of hydrogen-bond acceptors (Lipinski definition) is 6. The van der Waals surface area contributed by atoms with Crippen LogP contribution in [0.15, 0.2) is 30.3 Å². The van der Waals surface area contributed by atoms with Crippen LogP contribution < -0.4 is 0 Å². The van der Waals surface area contributed by atoms with E-state index in [0.29, 0.717) is 0 Å². The summed E-state index contributed by atoms with van der Waals surface area (Å²) in [4.78, 5) is 21.6. The van der Waals surface area contributed by atoms with E-state index in [9.17, 15) is 14.7 Å². The molecule has 2 atom stereocenters. The van der Waals surface area contributed by atoms with Crippen LogP contribution in [0.5, 0.6) is 0 Å². The zero-order valence-electron chi connectivity index (χ0n) is 10.7. The Morgan fingerprint density at radius 2 is 1.68 bits per heavy atom. The number of benzene rings is 1. The van der Waals surface area contributed by atoms with Gasteiger partial charge in [-0.15, -0.1) is 0 Å². The highest BCUT2D eigenvalue weighted by Gasteiger charge is 2.25. The largest absolute Gasteiger partial charge is 0.429 e. The van der Waals surface area contributed by atoms with Crippen LogP contribution in [0.4, 0.5) is 0 Å². The molecule has 0 aliphatic carbocycles. The molecule has 1 rings (SSSR count). The minimum absolute atomic E-state index is 0.108. The van der Waals surface area contributed by atoms with Crippen molar-refractivity contribution >= 4 is 11.9 Å². The molecule has 0 aliphatic rings. The number of aliphatic hydroxyl groups excluding tert-OH is 1. The van der Waals surface area contributed by atoms with Gasteiger partial charge in [0.25, 0.3) is 12.6 Å². The standard InChI is InChI=1S/C13H16O6/c1-9(14)18-12(16)13(19-10(2)15)17-8-11-6-4-3-5-7-11/h3-7,12-13,16H,8H2,1-2H3/t12-,13-/m0/s1. The maximum absolute atomic E-state index is 10.9. The van der Waals surface area contributed by atoms with Gasteiger partial charge in [0.15, 0.2) is 0 Å². The van der Waals surface area contributed by atoms with E-state index < -0.39 is 24.5 Å². The van der Waals surface area contributed by atoms with Gasteiger partial charge in [-0.05, 0) is 5.56 Å². The minimum Gasteiger partial charge on any atom is -0.429 e. The summed E-state index contributed by atoms with van der Waals surface area (Å²) >= 11 is 0. The number of esters is 2. The van der Waals surface area contributed by atoms with Crippen molar-refractivity contribution in [1.82, 2.24) is 0 Å². The third-order valence-electron chi connectivity index (χ3n) is 2.06. The fourth-order valence-electron chi connectivity index (χ4n) is 1.32. The minimum atomic E-state index is -1.66. The molecule has 0 spiro atoms. The molecule has 104 valence electrons. The third kappa shape index (κ3) is 5.98. The number of carbonyl (C=O) groups is 2. The van der Waals surface area contributed by atoms with Gasteiger partial charge < -0.3 is 19.3 Å². The topological polar surface area (TPSA) is 82.1 Å². The third-order valence-corrected chi connectivity index (χ3v) is 2.06. The van der Waals surface area contributed by atoms with E-state index in [1.54, 1.807) is 0 Å². The molecule has 1 aromatic rings. The molecule has 6 heteroatoms. The number of hydrogen-bond donors (Lipinski definition) is 1. The van der Waals surface area contributed by atoms with Gasteiger partial charge in [0.1, 0.15) is 0 Å². The molecule has 0 amide bonds. The van der Waals surface area contributed by atoms with Crippen molar-refractivity contribution in [1.29, 1.82) is 0 Å². The van der Waals surface area contributed by atoms with Crippen molar-refractivity contribution in [3.05, 3.63) is 35.9 Å². The molecule has 0 saturated heterocycles. The average Bonchev–Trinajstić information content (AvgIpc) is 2.34. The zero-order valence-corrected chi connectivity index (χ0v) is 10.7. The van der Waals surface area contributed by atoms with Gasteiger partial charge in [0, 0.05) is 13.8 Å². The fraction of sp³-hybridized carbons (Fsp3) is 0.385. The second kappa shape index (κ2) is 7.50. The molecule has 6 nitrogen and oxygen atoms in total. The molecule has 0 saturated carbocycles. The summed E-state index contributed by atoms with van der Waals surface area (Å²) in [6.45, 7) is 2.40. The highest BCUT2D eigenvalue weighted by molar-refractivity contribution is 5.67. The molecule has 0 bridgehead atoms. The first-order valence-electron chi connectivity index (χ1n) is 5.67. The van der Waals surface area contributed by atoms with Gasteiger partial charge in [-0.3, -0.25) is 9.59 Å². The molecule has 1 aromatic carbocycles. The van der Waals surface area contributed by atoms with Gasteiger partial charge in [-0.25, -0.2) is 0 Å². The highest BCUT2D eigenvalue weighted by atomic mass is 16.7. The summed E-state index contributed by atoms with van der Waals surface area (Å²) in [6.07, 6.45) is -3.02. The Hall–Kier alpha value is -1.92. The molecular formula is C13H16O6. The Morgan fingerprint density at radius 1 is 1.11 bits per heavy atom. The van der Waals surface area contributed by atoms with Crippen LogP contribution in [-0.4, -0.2) is 29.6 Å². The highest BCUT2D eigenvalue weighted by Crippen LogP contribution is 2.09. The molecule has 0 aliphatic heterocycles. The van der Waals surface area contributed by atoms with Crippen LogP contribution in [-0.2, 0) is 30.4 Å². The second-order valence-corrected chi connectivity index (χ2v) is 3.77. The van der Waals surface area contributed by atoms with Crippen LogP contribution in [0.25, 0.3) is 0 Å². The van der Waals surface area contributed by atoms with E-state index in [1.165, 1.54) is 6.92 Å². The summed E-state index contributed by atoms with van der Waals surface area (Å²) in [6, 6.07) is 9.11. The molecule has 0 aromatic heterocycles. The molecule has 1 N–H and O–H groups in total. The lowest BCUT2D eigenvalue weighted by atomic mass is 10.2. The van der Waals surface area contributed by atoms with Gasteiger partial charge in [-0.1, -0.05) is 30.3 Å². The monoisotopic (exact) mass is 268 g/mol. The molecule has 0 radical (unpaired) electrons. The lowest BCUT2D eigenvalue weighted by Gasteiger charge is -2.22. The van der Waals surface area contributed by atoms with Crippen molar-refractivity contribution < 1.29 is 28.9 Å². The first-order chi connectivity index (χ1) is 8.99. The summed E-state index contributed by atoms with van der Waals surface area (Å²) in [5.41, 5.74) is 0.828. The smallest absolute Gasteiger partial charge is 0.305 e. The summed E-state index contributed by atoms with van der Waals surface area (Å²) in [7, 11) is 0. The maximum Gasteiger partial charge on any atom is 0.305 e. The van der Waals surface area contributed by atoms with Gasteiger partial charge >= 0.3 is 11.9 Å². The maximum atomic E-state index is 10.9. The normalized spacial score (nSPS) is 13.4. The van der Waals surface area contributed by atoms with Crippen LogP contribution >= 0.6 is 0 Å². The Balaban J connectivity index is 2.58. The molecule has 0 unspecified atom stereocenters. The SMILES string of the molecule is CC(=O)O[C@H](OCc1ccccc1)[C@@H](O)OC(C)=O. The van der Waals surface area contributed by atoms with Crippen LogP contribution in [0, 0.1) is 0 Å². The number of rotatable bonds is 6. The molecule has 0 fully saturated rings. The Bertz CT molecular complexity index is 416. The lowest BCUT2D eigenvalue weighted by molar-refractivity contribution is -0.259. The molecular weight excluding hydrogens is 252 g/mol. The first-order valence-corrected chi connectivity index (χ1v) is 5.67. The van der Waals surface area contributed by atoms with E-state index in [2.05, 4.69) is 4.74 Å². The Kier molecular flexibility index (Phi) is 5.98. The first kappa shape index (κ1) is 15.1. The van der Waals surface area contributed by atoms with E-state index >= 15 is 0 Å². The van der Waals surface area contributed by atoms with Gasteiger partial charge in [-0.2, -0.15) is 0 Å². The summed E-state index contributed by atoms with van der Waals surface area (Å²) in [5, 5.41) is 9.56. The van der Waals surface area contributed by atoms with Crippen molar-refractivity contribution in [3.8, 4) is 0 Å². The van der Waals surface area contributed by atoms with Crippen LogP contribution in [0.2, 0.25) is 0 Å². The van der Waals surface area contributed by atoms with Crippen molar-refractivity contribution in [3.63, 3.8) is 0 Å². The number of carbonyl (C=O) groups excluding carboxylic acids is 2. The lowest BCUT2D eigenvalue weighted by Crippen LogP contribution is -2.36. The van der Waals surface area contributed by atoms with Crippen molar-refractivity contribution in [2.24, 2.45) is 0 Å². The predicted octanol–water partition coefficient (Wildman–Crippen LogP) is 0.974. The quantitative estimate of drug-likeness (QED) is 0.611. The zero-order chi connectivity index (χ0) is 14.3. The predicted molar refractivity (Wildman–Crippen MR) is 64.6 cm³/mol. The average molecular weight is 268 g/mol. The van der Waals surface area contributed by atoms with Gasteiger partial charge in [0.2, 0.25) is 0 Å². The van der Waals surface area contributed by atoms with Gasteiger partial charge in [0.05, 0.1) is 6.61 Å².